The molecule has 5 aromatic rings. The Balaban J connectivity index is 1.77. The summed E-state index contributed by atoms with van der Waals surface area (Å²) in [4.78, 5) is 8.52. The Morgan fingerprint density at radius 1 is 0.806 bits per heavy atom. The molecule has 0 aliphatic carbocycles. The molecule has 0 aliphatic rings. The molecule has 0 radical (unpaired) electrons. The lowest BCUT2D eigenvalue weighted by Crippen LogP contribution is -2.61. The summed E-state index contributed by atoms with van der Waals surface area (Å²) in [5.74, 6) is 0. The van der Waals surface area contributed by atoms with E-state index in [1.807, 2.05) is 30.4 Å². The Bertz CT molecular complexity index is 1660. The second kappa shape index (κ2) is 9.60. The van der Waals surface area contributed by atoms with E-state index in [1.165, 1.54) is 10.4 Å². The normalized spacial score (nSPS) is 13.3. The van der Waals surface area contributed by atoms with E-state index >= 15 is 0 Å². The molecule has 0 spiro atoms. The minimum atomic E-state index is -2.73. The first-order chi connectivity index (χ1) is 17.6. The summed E-state index contributed by atoms with van der Waals surface area (Å²) in [5, 5.41) is 5.48. The van der Waals surface area contributed by atoms with E-state index < -0.39 is 8.07 Å². The van der Waals surface area contributed by atoms with Gasteiger partial charge < -0.3 is 4.42 Å². The van der Waals surface area contributed by atoms with Gasteiger partial charge in [0.15, 0.2) is 13.7 Å². The Labute approximate surface area is 212 Å². The van der Waals surface area contributed by atoms with Crippen molar-refractivity contribution in [2.45, 2.75) is 0 Å². The number of rotatable bonds is 8. The van der Waals surface area contributed by atoms with E-state index in [-0.39, 0.29) is 0 Å². The van der Waals surface area contributed by atoms with Crippen molar-refractivity contribution in [3.05, 3.63) is 146 Å². The maximum absolute atomic E-state index is 5.93. The van der Waals surface area contributed by atoms with Crippen molar-refractivity contribution in [2.75, 3.05) is 0 Å². The van der Waals surface area contributed by atoms with Gasteiger partial charge in [-0.2, -0.15) is 0 Å². The zero-order chi connectivity index (χ0) is 25.1. The molecule has 0 N–H and O–H groups in total. The van der Waals surface area contributed by atoms with Crippen LogP contribution in [0.4, 0.5) is 0 Å². The number of hydrogen-bond donors (Lipinski definition) is 0. The van der Waals surface area contributed by atoms with E-state index in [2.05, 4.69) is 103 Å². The summed E-state index contributed by atoms with van der Waals surface area (Å²) in [5.41, 5.74) is 4.47. The lowest BCUT2D eigenvalue weighted by Gasteiger charge is -2.35. The molecule has 2 heterocycles. The molecule has 4 heteroatoms. The second-order valence-electron chi connectivity index (χ2n) is 8.54. The molecule has 2 aromatic heterocycles. The average molecular weight is 483 g/mol. The molecule has 0 amide bonds. The highest BCUT2D eigenvalue weighted by Gasteiger charge is 2.41. The van der Waals surface area contributed by atoms with Crippen LogP contribution in [0.15, 0.2) is 151 Å². The molecule has 3 aromatic carbocycles. The van der Waals surface area contributed by atoms with Crippen molar-refractivity contribution < 1.29 is 4.42 Å². The lowest BCUT2D eigenvalue weighted by molar-refractivity contribution is 0.665. The topological polar surface area (TPSA) is 38.9 Å². The van der Waals surface area contributed by atoms with Crippen LogP contribution in [0.1, 0.15) is 0 Å². The maximum Gasteiger partial charge on any atom is 0.179 e. The third-order valence-corrected chi connectivity index (χ3v) is 11.4. The number of fused-ring (bicyclic) bond motifs is 3. The van der Waals surface area contributed by atoms with Crippen molar-refractivity contribution in [3.8, 4) is 11.1 Å². The van der Waals surface area contributed by atoms with Gasteiger partial charge in [0.2, 0.25) is 0 Å². The summed E-state index contributed by atoms with van der Waals surface area (Å²) in [6.07, 6.45) is 10.9. The number of allylic oxidation sites excluding steroid dienone is 6. The van der Waals surface area contributed by atoms with Gasteiger partial charge in [-0.15, -0.1) is 0 Å². The molecule has 36 heavy (non-hydrogen) atoms. The largest absolute Gasteiger partial charge is 0.453 e. The predicted octanol–water partition coefficient (Wildman–Crippen LogP) is 6.73. The van der Waals surface area contributed by atoms with E-state index in [1.54, 1.807) is 12.5 Å². The average Bonchev–Trinajstić information content (AvgIpc) is 3.31. The van der Waals surface area contributed by atoms with Crippen molar-refractivity contribution in [3.63, 3.8) is 0 Å². The number of furan rings is 1. The predicted molar refractivity (Wildman–Crippen MR) is 154 cm³/mol. The van der Waals surface area contributed by atoms with Crippen LogP contribution in [-0.2, 0) is 0 Å². The molecule has 174 valence electrons. The highest BCUT2D eigenvalue weighted by atomic mass is 28.3. The van der Waals surface area contributed by atoms with Crippen molar-refractivity contribution in [1.82, 2.24) is 9.97 Å². The fourth-order valence-electron chi connectivity index (χ4n) is 5.00. The first-order valence-electron chi connectivity index (χ1n) is 11.7. The third kappa shape index (κ3) is 3.68. The summed E-state index contributed by atoms with van der Waals surface area (Å²) in [7, 11) is -2.73. The van der Waals surface area contributed by atoms with Crippen molar-refractivity contribution in [2.24, 2.45) is 0 Å². The van der Waals surface area contributed by atoms with E-state index in [4.69, 9.17) is 4.42 Å². The van der Waals surface area contributed by atoms with Gasteiger partial charge in [0.1, 0.15) is 17.4 Å². The van der Waals surface area contributed by atoms with Gasteiger partial charge in [0.05, 0.1) is 6.20 Å². The van der Waals surface area contributed by atoms with Gasteiger partial charge in [0.25, 0.3) is 0 Å². The van der Waals surface area contributed by atoms with Crippen LogP contribution in [0.3, 0.4) is 0 Å². The summed E-state index contributed by atoms with van der Waals surface area (Å²) in [6, 6.07) is 25.5. The van der Waals surface area contributed by atoms with Crippen LogP contribution in [-0.4, -0.2) is 18.0 Å². The molecule has 1 unspecified atom stereocenters. The zero-order valence-corrected chi connectivity index (χ0v) is 21.0. The molecule has 0 bridgehead atoms. The molecule has 0 saturated heterocycles. The SMILES string of the molecule is C=CC=C(C=C)[Si](C(=C)C=C)(c1ccccc1)c1cccc(-c2ccc3oc4cncnc4c3c2)c1. The third-order valence-electron chi connectivity index (χ3n) is 6.65. The molecular formula is C32H26N2OSi. The lowest BCUT2D eigenvalue weighted by atomic mass is 10.0. The van der Waals surface area contributed by atoms with Crippen LogP contribution in [0.5, 0.6) is 0 Å². The van der Waals surface area contributed by atoms with E-state index in [0.29, 0.717) is 5.58 Å². The standard InChI is InChI=1S/C32H26N2OSi/c1-5-12-26(7-3)36(23(4)6-2,27-14-9-8-10-15-27)28-16-11-13-24(19-28)25-17-18-30-29(20-25)32-31(35-30)21-33-22-34-32/h5-22H,1-4H2. The number of hydrogen-bond acceptors (Lipinski definition) is 3. The van der Waals surface area contributed by atoms with E-state index in [0.717, 1.165) is 38.0 Å². The van der Waals surface area contributed by atoms with Gasteiger partial charge in [-0.3, -0.25) is 0 Å². The smallest absolute Gasteiger partial charge is 0.179 e. The minimum absolute atomic E-state index is 0.682. The summed E-state index contributed by atoms with van der Waals surface area (Å²) < 4.78 is 5.93. The zero-order valence-electron chi connectivity index (χ0n) is 20.0. The second-order valence-corrected chi connectivity index (χ2v) is 12.4. The van der Waals surface area contributed by atoms with Crippen LogP contribution in [0.25, 0.3) is 33.2 Å². The fraction of sp³-hybridized carbons (Fsp3) is 0. The Morgan fingerprint density at radius 2 is 1.58 bits per heavy atom. The highest BCUT2D eigenvalue weighted by Crippen LogP contribution is 2.32. The number of benzene rings is 3. The quantitative estimate of drug-likeness (QED) is 0.182. The molecule has 1 atom stereocenters. The van der Waals surface area contributed by atoms with Crippen LogP contribution < -0.4 is 10.4 Å². The fourth-order valence-corrected chi connectivity index (χ4v) is 9.50. The van der Waals surface area contributed by atoms with Crippen molar-refractivity contribution >= 4 is 40.5 Å². The summed E-state index contributed by atoms with van der Waals surface area (Å²) >= 11 is 0. The maximum atomic E-state index is 5.93. The first kappa shape index (κ1) is 23.2. The Kier molecular flexibility index (Phi) is 6.19. The van der Waals surface area contributed by atoms with Gasteiger partial charge in [0, 0.05) is 5.39 Å². The monoisotopic (exact) mass is 482 g/mol. The Morgan fingerprint density at radius 3 is 2.33 bits per heavy atom. The molecule has 0 aliphatic heterocycles. The first-order valence-corrected chi connectivity index (χ1v) is 13.7. The van der Waals surface area contributed by atoms with Gasteiger partial charge in [-0.05, 0) is 38.8 Å². The van der Waals surface area contributed by atoms with Gasteiger partial charge >= 0.3 is 0 Å². The molecule has 0 saturated carbocycles. The molecule has 3 nitrogen and oxygen atoms in total. The summed E-state index contributed by atoms with van der Waals surface area (Å²) in [6.45, 7) is 16.8. The van der Waals surface area contributed by atoms with E-state index in [9.17, 15) is 0 Å². The van der Waals surface area contributed by atoms with Crippen LogP contribution in [0.2, 0.25) is 0 Å². The molecular weight excluding hydrogens is 456 g/mol. The minimum Gasteiger partial charge on any atom is -0.453 e. The number of nitrogens with zero attached hydrogens (tertiary/aromatic N) is 2. The highest BCUT2D eigenvalue weighted by molar-refractivity contribution is 7.13. The van der Waals surface area contributed by atoms with Crippen LogP contribution in [0, 0.1) is 0 Å². The molecule has 0 fully saturated rings. The number of aromatic nitrogens is 2. The van der Waals surface area contributed by atoms with Gasteiger partial charge in [-0.1, -0.05) is 116 Å². The molecule has 5 rings (SSSR count). The van der Waals surface area contributed by atoms with Crippen LogP contribution >= 0.6 is 0 Å². The Hall–Kier alpha value is -4.54. The van der Waals surface area contributed by atoms with Gasteiger partial charge in [-0.25, -0.2) is 9.97 Å². The van der Waals surface area contributed by atoms with Crippen molar-refractivity contribution in [1.29, 1.82) is 0 Å².